The van der Waals surface area contributed by atoms with Crippen molar-refractivity contribution in [1.82, 2.24) is 10.3 Å². The van der Waals surface area contributed by atoms with Crippen LogP contribution in [-0.4, -0.2) is 17.4 Å². The van der Waals surface area contributed by atoms with Crippen LogP contribution in [0.1, 0.15) is 23.4 Å². The molecule has 0 aliphatic carbocycles. The summed E-state index contributed by atoms with van der Waals surface area (Å²) in [7, 11) is 0. The second-order valence-corrected chi connectivity index (χ2v) is 5.83. The molecule has 1 heterocycles. The summed E-state index contributed by atoms with van der Waals surface area (Å²) in [4.78, 5) is 16.4. The number of hydrogen-bond acceptors (Lipinski definition) is 4. The highest BCUT2D eigenvalue weighted by molar-refractivity contribution is 5.85. The molecule has 0 aliphatic rings. The Hall–Kier alpha value is -2.53. The van der Waals surface area contributed by atoms with E-state index in [1.54, 1.807) is 0 Å². The molecule has 1 aromatic heterocycles. The first kappa shape index (κ1) is 18.8. The molecule has 3 rings (SSSR count). The highest BCUT2D eigenvalue weighted by Gasteiger charge is 2.08. The predicted molar refractivity (Wildman–Crippen MR) is 102 cm³/mol. The Morgan fingerprint density at radius 2 is 1.96 bits per heavy atom. The zero-order chi connectivity index (χ0) is 16.9. The summed E-state index contributed by atoms with van der Waals surface area (Å²) in [5, 5.41) is 2.90. The minimum atomic E-state index is 0. The maximum Gasteiger partial charge on any atom is 0.220 e. The van der Waals surface area contributed by atoms with Crippen LogP contribution in [0.4, 0.5) is 5.69 Å². The largest absolute Gasteiger partial charge is 0.441 e. The number of aryl methyl sites for hydroxylation is 2. The van der Waals surface area contributed by atoms with Crippen molar-refractivity contribution in [2.45, 2.75) is 26.2 Å². The van der Waals surface area contributed by atoms with Gasteiger partial charge in [-0.05, 0) is 36.6 Å². The van der Waals surface area contributed by atoms with E-state index in [0.717, 1.165) is 27.9 Å². The van der Waals surface area contributed by atoms with Gasteiger partial charge >= 0.3 is 0 Å². The summed E-state index contributed by atoms with van der Waals surface area (Å²) in [5.41, 5.74) is 10.4. The van der Waals surface area contributed by atoms with E-state index in [-0.39, 0.29) is 18.3 Å². The molecule has 0 spiro atoms. The molecule has 132 valence electrons. The third-order valence-electron chi connectivity index (χ3n) is 4.00. The molecule has 2 aromatic carbocycles. The van der Waals surface area contributed by atoms with Crippen molar-refractivity contribution in [3.05, 3.63) is 59.5 Å². The number of benzene rings is 2. The van der Waals surface area contributed by atoms with Crippen molar-refractivity contribution in [3.8, 4) is 0 Å². The maximum absolute atomic E-state index is 11.9. The van der Waals surface area contributed by atoms with Gasteiger partial charge in [0.1, 0.15) is 5.52 Å². The number of halogens is 1. The summed E-state index contributed by atoms with van der Waals surface area (Å²) >= 11 is 0. The van der Waals surface area contributed by atoms with Crippen LogP contribution in [0.3, 0.4) is 0 Å². The van der Waals surface area contributed by atoms with Crippen molar-refractivity contribution in [3.63, 3.8) is 0 Å². The molecule has 0 unspecified atom stereocenters. The van der Waals surface area contributed by atoms with E-state index in [0.29, 0.717) is 31.7 Å². The Morgan fingerprint density at radius 1 is 1.16 bits per heavy atom. The molecule has 6 heteroatoms. The van der Waals surface area contributed by atoms with Crippen molar-refractivity contribution < 1.29 is 9.21 Å². The quantitative estimate of drug-likeness (QED) is 0.660. The molecular formula is C19H22ClN3O2. The highest BCUT2D eigenvalue weighted by Crippen LogP contribution is 2.19. The molecule has 25 heavy (non-hydrogen) atoms. The Balaban J connectivity index is 0.00000225. The number of nitrogen functional groups attached to an aromatic ring is 1. The van der Waals surface area contributed by atoms with E-state index < -0.39 is 0 Å². The fourth-order valence-electron chi connectivity index (χ4n) is 2.65. The van der Waals surface area contributed by atoms with E-state index in [1.807, 2.05) is 49.4 Å². The second-order valence-electron chi connectivity index (χ2n) is 5.83. The van der Waals surface area contributed by atoms with E-state index in [4.69, 9.17) is 10.2 Å². The number of anilines is 1. The van der Waals surface area contributed by atoms with E-state index >= 15 is 0 Å². The van der Waals surface area contributed by atoms with Crippen LogP contribution >= 0.6 is 12.4 Å². The third-order valence-corrected chi connectivity index (χ3v) is 4.00. The molecule has 0 atom stereocenters. The summed E-state index contributed by atoms with van der Waals surface area (Å²) in [6, 6.07) is 13.5. The first-order valence-electron chi connectivity index (χ1n) is 8.08. The number of nitrogens with one attached hydrogen (secondary N) is 1. The van der Waals surface area contributed by atoms with Gasteiger partial charge in [0.05, 0.1) is 0 Å². The molecule has 0 fully saturated rings. The fraction of sp³-hybridized carbons (Fsp3) is 0.263. The van der Waals surface area contributed by atoms with Gasteiger partial charge in [0.2, 0.25) is 5.91 Å². The van der Waals surface area contributed by atoms with Gasteiger partial charge in [0, 0.05) is 25.1 Å². The van der Waals surface area contributed by atoms with Crippen molar-refractivity contribution >= 4 is 35.1 Å². The monoisotopic (exact) mass is 359 g/mol. The van der Waals surface area contributed by atoms with E-state index in [2.05, 4.69) is 10.3 Å². The number of carbonyl (C=O) groups excluding carboxylic acids is 1. The highest BCUT2D eigenvalue weighted by atomic mass is 35.5. The molecule has 5 nitrogen and oxygen atoms in total. The predicted octanol–water partition coefficient (Wildman–Crippen LogP) is 3.43. The zero-order valence-electron chi connectivity index (χ0n) is 14.1. The smallest absolute Gasteiger partial charge is 0.220 e. The van der Waals surface area contributed by atoms with Gasteiger partial charge in [0.25, 0.3) is 0 Å². The number of aromatic nitrogens is 1. The van der Waals surface area contributed by atoms with Gasteiger partial charge in [-0.2, -0.15) is 0 Å². The molecule has 3 aromatic rings. The summed E-state index contributed by atoms with van der Waals surface area (Å²) in [6.07, 6.45) is 1.63. The standard InChI is InChI=1S/C19H21N3O2.ClH/c1-13-5-4-8-16-19(13)22-18(24-16)11-12-21-17(23)10-9-14-6-2-3-7-15(14)20;/h2-8H,9-12,20H2,1H3,(H,21,23);1H. The van der Waals surface area contributed by atoms with Crippen LogP contribution in [0.2, 0.25) is 0 Å². The number of oxazole rings is 1. The molecule has 0 saturated heterocycles. The number of para-hydroxylation sites is 2. The minimum absolute atomic E-state index is 0. The lowest BCUT2D eigenvalue weighted by Crippen LogP contribution is -2.26. The normalized spacial score (nSPS) is 10.4. The van der Waals surface area contributed by atoms with Gasteiger partial charge in [-0.25, -0.2) is 4.98 Å². The Bertz CT molecular complexity index is 861. The molecule has 1 amide bonds. The SMILES string of the molecule is Cc1cccc2oc(CCNC(=O)CCc3ccccc3N)nc12.Cl. The Kier molecular flexibility index (Phi) is 6.42. The van der Waals surface area contributed by atoms with E-state index in [1.165, 1.54) is 0 Å². The Labute approximate surface area is 153 Å². The van der Waals surface area contributed by atoms with Gasteiger partial charge in [-0.1, -0.05) is 30.3 Å². The molecule has 0 aliphatic heterocycles. The van der Waals surface area contributed by atoms with Gasteiger partial charge in [-0.15, -0.1) is 12.4 Å². The average molecular weight is 360 g/mol. The first-order valence-corrected chi connectivity index (χ1v) is 8.08. The number of fused-ring (bicyclic) bond motifs is 1. The van der Waals surface area contributed by atoms with Crippen molar-refractivity contribution in [1.29, 1.82) is 0 Å². The van der Waals surface area contributed by atoms with Crippen LogP contribution in [0.5, 0.6) is 0 Å². The van der Waals surface area contributed by atoms with Crippen LogP contribution < -0.4 is 11.1 Å². The van der Waals surface area contributed by atoms with Crippen molar-refractivity contribution in [2.24, 2.45) is 0 Å². The molecule has 0 bridgehead atoms. The lowest BCUT2D eigenvalue weighted by atomic mass is 10.1. The zero-order valence-corrected chi connectivity index (χ0v) is 14.9. The summed E-state index contributed by atoms with van der Waals surface area (Å²) in [5.74, 6) is 0.650. The van der Waals surface area contributed by atoms with E-state index in [9.17, 15) is 4.79 Å². The lowest BCUT2D eigenvalue weighted by molar-refractivity contribution is -0.121. The number of carbonyl (C=O) groups is 1. The number of hydrogen-bond donors (Lipinski definition) is 2. The van der Waals surface area contributed by atoms with Crippen LogP contribution in [0.15, 0.2) is 46.9 Å². The van der Waals surface area contributed by atoms with Gasteiger partial charge in [0.15, 0.2) is 11.5 Å². The summed E-state index contributed by atoms with van der Waals surface area (Å²) in [6.45, 7) is 2.51. The fourth-order valence-corrected chi connectivity index (χ4v) is 2.65. The number of amides is 1. The Morgan fingerprint density at radius 3 is 2.72 bits per heavy atom. The summed E-state index contributed by atoms with van der Waals surface area (Å²) < 4.78 is 5.70. The number of nitrogens with zero attached hydrogens (tertiary/aromatic N) is 1. The molecule has 0 saturated carbocycles. The van der Waals surface area contributed by atoms with Crippen LogP contribution in [0.25, 0.3) is 11.1 Å². The minimum Gasteiger partial charge on any atom is -0.441 e. The third kappa shape index (κ3) is 4.73. The van der Waals surface area contributed by atoms with Crippen LogP contribution in [0, 0.1) is 6.92 Å². The van der Waals surface area contributed by atoms with Crippen LogP contribution in [-0.2, 0) is 17.6 Å². The van der Waals surface area contributed by atoms with Gasteiger partial charge in [-0.3, -0.25) is 4.79 Å². The average Bonchev–Trinajstić information content (AvgIpc) is 2.98. The molecule has 3 N–H and O–H groups in total. The molecular weight excluding hydrogens is 338 g/mol. The molecule has 0 radical (unpaired) electrons. The second kappa shape index (κ2) is 8.53. The topological polar surface area (TPSA) is 81.2 Å². The maximum atomic E-state index is 11.9. The van der Waals surface area contributed by atoms with Crippen molar-refractivity contribution in [2.75, 3.05) is 12.3 Å². The lowest BCUT2D eigenvalue weighted by Gasteiger charge is -2.06. The number of rotatable bonds is 6. The number of nitrogens with two attached hydrogens (primary N) is 1. The first-order chi connectivity index (χ1) is 11.6. The van der Waals surface area contributed by atoms with Gasteiger partial charge < -0.3 is 15.5 Å².